The van der Waals surface area contributed by atoms with Gasteiger partial charge in [-0.25, -0.2) is 0 Å². The first-order valence-corrected chi connectivity index (χ1v) is 8.96. The van der Waals surface area contributed by atoms with Crippen LogP contribution >= 0.6 is 0 Å². The van der Waals surface area contributed by atoms with Crippen molar-refractivity contribution in [2.45, 2.75) is 46.5 Å². The minimum Gasteiger partial charge on any atom is -0.504 e. The lowest BCUT2D eigenvalue weighted by Gasteiger charge is -2.03. The number of ether oxygens (including phenoxy) is 1. The van der Waals surface area contributed by atoms with Crippen LogP contribution in [0.15, 0.2) is 59.7 Å². The van der Waals surface area contributed by atoms with E-state index >= 15 is 0 Å². The monoisotopic (exact) mass is 354 g/mol. The van der Waals surface area contributed by atoms with E-state index in [2.05, 4.69) is 32.9 Å². The van der Waals surface area contributed by atoms with Gasteiger partial charge in [-0.3, -0.25) is 4.79 Å². The third kappa shape index (κ3) is 9.07. The molecule has 0 bridgehead atoms. The summed E-state index contributed by atoms with van der Waals surface area (Å²) in [6.07, 6.45) is 14.8. The zero-order chi connectivity index (χ0) is 19.4. The predicted molar refractivity (Wildman–Crippen MR) is 109 cm³/mol. The maximum absolute atomic E-state index is 11.9. The van der Waals surface area contributed by atoms with Crippen molar-refractivity contribution in [2.75, 3.05) is 7.11 Å². The normalized spacial score (nSPS) is 11.9. The molecule has 1 aromatic rings. The topological polar surface area (TPSA) is 46.5 Å². The van der Waals surface area contributed by atoms with Crippen LogP contribution < -0.4 is 4.74 Å². The van der Waals surface area contributed by atoms with Gasteiger partial charge < -0.3 is 9.84 Å². The van der Waals surface area contributed by atoms with Crippen LogP contribution in [0.4, 0.5) is 0 Å². The maximum Gasteiger partial charge on any atom is 0.161 e. The van der Waals surface area contributed by atoms with Gasteiger partial charge in [0.15, 0.2) is 17.3 Å². The van der Waals surface area contributed by atoms with E-state index in [9.17, 15) is 9.90 Å². The van der Waals surface area contributed by atoms with Gasteiger partial charge in [0.05, 0.1) is 7.11 Å². The second-order valence-corrected chi connectivity index (χ2v) is 6.53. The van der Waals surface area contributed by atoms with E-state index < -0.39 is 0 Å². The van der Waals surface area contributed by atoms with Crippen molar-refractivity contribution < 1.29 is 14.6 Å². The molecule has 0 spiro atoms. The van der Waals surface area contributed by atoms with Gasteiger partial charge in [-0.2, -0.15) is 0 Å². The molecule has 0 amide bonds. The summed E-state index contributed by atoms with van der Waals surface area (Å²) in [5, 5.41) is 9.56. The van der Waals surface area contributed by atoms with Crippen LogP contribution in [-0.4, -0.2) is 18.0 Å². The van der Waals surface area contributed by atoms with E-state index in [0.29, 0.717) is 12.2 Å². The molecule has 0 radical (unpaired) electrons. The van der Waals surface area contributed by atoms with E-state index in [1.807, 2.05) is 12.2 Å². The second-order valence-electron chi connectivity index (χ2n) is 6.53. The fraction of sp³-hybridized carbons (Fsp3) is 0.348. The summed E-state index contributed by atoms with van der Waals surface area (Å²) < 4.78 is 5.07. The first-order valence-electron chi connectivity index (χ1n) is 8.96. The van der Waals surface area contributed by atoms with E-state index in [4.69, 9.17) is 4.74 Å². The first-order chi connectivity index (χ1) is 12.4. The quantitative estimate of drug-likeness (QED) is 0.318. The Hall–Kier alpha value is -2.55. The van der Waals surface area contributed by atoms with E-state index in [1.54, 1.807) is 30.4 Å². The highest BCUT2D eigenvalue weighted by atomic mass is 16.5. The molecular formula is C23H30O3. The average molecular weight is 354 g/mol. The molecular weight excluding hydrogens is 324 g/mol. The molecule has 140 valence electrons. The summed E-state index contributed by atoms with van der Waals surface area (Å²) in [5.74, 6) is 0.657. The molecule has 0 aliphatic rings. The number of phenolic OH excluding ortho intramolecular Hbond substituents is 1. The van der Waals surface area contributed by atoms with Gasteiger partial charge in [0.25, 0.3) is 0 Å². The van der Waals surface area contributed by atoms with Crippen LogP contribution in [0.25, 0.3) is 6.08 Å². The molecule has 0 heterocycles. The Morgan fingerprint density at radius 3 is 2.50 bits per heavy atom. The Bertz CT molecular complexity index is 702. The maximum atomic E-state index is 11.9. The highest BCUT2D eigenvalue weighted by molar-refractivity contribution is 5.90. The lowest BCUT2D eigenvalue weighted by molar-refractivity contribution is -0.114. The van der Waals surface area contributed by atoms with Crippen LogP contribution in [0.5, 0.6) is 11.5 Å². The minimum atomic E-state index is 0.111. The van der Waals surface area contributed by atoms with Crippen molar-refractivity contribution in [3.8, 4) is 11.5 Å². The summed E-state index contributed by atoms with van der Waals surface area (Å²) in [4.78, 5) is 11.9. The van der Waals surface area contributed by atoms with Crippen LogP contribution in [0.3, 0.4) is 0 Å². The molecule has 0 saturated heterocycles. The molecule has 0 saturated carbocycles. The Morgan fingerprint density at radius 2 is 1.81 bits per heavy atom. The first kappa shape index (κ1) is 21.5. The van der Waals surface area contributed by atoms with Crippen LogP contribution in [-0.2, 0) is 4.79 Å². The summed E-state index contributed by atoms with van der Waals surface area (Å²) in [6.45, 7) is 6.33. The van der Waals surface area contributed by atoms with Gasteiger partial charge >= 0.3 is 0 Å². The van der Waals surface area contributed by atoms with Gasteiger partial charge in [-0.05, 0) is 63.8 Å². The number of phenols is 1. The standard InChI is InChI=1S/C23H30O3/c1-18(2)9-7-10-19(3)11-8-14-21(24)13-6-5-12-20-15-16-22(25)23(17-20)26-4/h5-6,9,11-13,15-17,25H,7-8,10,14H2,1-4H3. The fourth-order valence-electron chi connectivity index (χ4n) is 2.36. The molecule has 3 heteroatoms. The SMILES string of the molecule is COc1cc(C=CC=CC(=O)CCC=C(C)CCC=C(C)C)ccc1O. The van der Waals surface area contributed by atoms with Crippen LogP contribution in [0.2, 0.25) is 0 Å². The summed E-state index contributed by atoms with van der Waals surface area (Å²) in [7, 11) is 1.51. The Labute approximate surface area is 157 Å². The minimum absolute atomic E-state index is 0.111. The van der Waals surface area contributed by atoms with Crippen molar-refractivity contribution in [1.29, 1.82) is 0 Å². The number of carbonyl (C=O) groups is 1. The molecule has 0 aliphatic carbocycles. The van der Waals surface area contributed by atoms with Crippen molar-refractivity contribution in [1.82, 2.24) is 0 Å². The Balaban J connectivity index is 2.39. The summed E-state index contributed by atoms with van der Waals surface area (Å²) >= 11 is 0. The lowest BCUT2D eigenvalue weighted by atomic mass is 10.1. The van der Waals surface area contributed by atoms with E-state index in [-0.39, 0.29) is 11.5 Å². The molecule has 1 N–H and O–H groups in total. The molecule has 0 unspecified atom stereocenters. The molecule has 1 aromatic carbocycles. The lowest BCUT2D eigenvalue weighted by Crippen LogP contribution is -1.90. The third-order valence-electron chi connectivity index (χ3n) is 3.86. The molecule has 3 nitrogen and oxygen atoms in total. The molecule has 0 aliphatic heterocycles. The second kappa shape index (κ2) is 11.9. The fourth-order valence-corrected chi connectivity index (χ4v) is 2.36. The predicted octanol–water partition coefficient (Wildman–Crippen LogP) is 6.01. The number of aromatic hydroxyl groups is 1. The average Bonchev–Trinajstić information content (AvgIpc) is 2.59. The van der Waals surface area contributed by atoms with E-state index in [1.165, 1.54) is 18.3 Å². The number of methoxy groups -OCH3 is 1. The number of ketones is 1. The van der Waals surface area contributed by atoms with Gasteiger partial charge in [-0.1, -0.05) is 47.6 Å². The number of hydrogen-bond acceptors (Lipinski definition) is 3. The van der Waals surface area contributed by atoms with Gasteiger partial charge in [-0.15, -0.1) is 0 Å². The van der Waals surface area contributed by atoms with Crippen molar-refractivity contribution in [3.63, 3.8) is 0 Å². The number of benzene rings is 1. The largest absolute Gasteiger partial charge is 0.504 e. The van der Waals surface area contributed by atoms with Crippen molar-refractivity contribution >= 4 is 11.9 Å². The highest BCUT2D eigenvalue weighted by Gasteiger charge is 2.00. The number of carbonyl (C=O) groups excluding carboxylic acids is 1. The van der Waals surface area contributed by atoms with Crippen molar-refractivity contribution in [2.24, 2.45) is 0 Å². The molecule has 0 atom stereocenters. The van der Waals surface area contributed by atoms with Crippen molar-refractivity contribution in [3.05, 3.63) is 65.3 Å². The van der Waals surface area contributed by atoms with E-state index in [0.717, 1.165) is 24.8 Å². The summed E-state index contributed by atoms with van der Waals surface area (Å²) in [5.41, 5.74) is 3.57. The number of allylic oxidation sites excluding steroid dienone is 7. The Morgan fingerprint density at radius 1 is 1.08 bits per heavy atom. The zero-order valence-corrected chi connectivity index (χ0v) is 16.3. The third-order valence-corrected chi connectivity index (χ3v) is 3.86. The van der Waals surface area contributed by atoms with Gasteiger partial charge in [0.1, 0.15) is 0 Å². The number of rotatable bonds is 10. The number of hydrogen-bond donors (Lipinski definition) is 1. The molecule has 0 aromatic heterocycles. The Kier molecular flexibility index (Phi) is 9.85. The van der Waals surface area contributed by atoms with Crippen LogP contribution in [0, 0.1) is 0 Å². The zero-order valence-electron chi connectivity index (χ0n) is 16.3. The molecule has 1 rings (SSSR count). The summed E-state index contributed by atoms with van der Waals surface area (Å²) in [6, 6.07) is 5.11. The van der Waals surface area contributed by atoms with Gasteiger partial charge in [0.2, 0.25) is 0 Å². The molecule has 0 fully saturated rings. The van der Waals surface area contributed by atoms with Gasteiger partial charge in [0, 0.05) is 6.42 Å². The molecule has 26 heavy (non-hydrogen) atoms. The smallest absolute Gasteiger partial charge is 0.161 e. The van der Waals surface area contributed by atoms with Crippen LogP contribution in [0.1, 0.15) is 52.0 Å². The highest BCUT2D eigenvalue weighted by Crippen LogP contribution is 2.26.